The molecule has 3 rings (SSSR count). The van der Waals surface area contributed by atoms with Crippen LogP contribution in [0, 0.1) is 13.8 Å². The molecule has 2 amide bonds. The monoisotopic (exact) mass is 430 g/mol. The number of thioether (sulfide) groups is 1. The highest BCUT2D eigenvalue weighted by Crippen LogP contribution is 2.27. The Morgan fingerprint density at radius 1 is 0.903 bits per heavy atom. The number of aryl methyl sites for hydroxylation is 2. The second-order valence-electron chi connectivity index (χ2n) is 7.33. The minimum atomic E-state index is -0.288. The van der Waals surface area contributed by atoms with Gasteiger partial charge < -0.3 is 10.6 Å². The molecule has 0 aliphatic carbocycles. The third-order valence-electron chi connectivity index (χ3n) is 4.66. The van der Waals surface area contributed by atoms with E-state index in [2.05, 4.69) is 10.6 Å². The number of hydrogen-bond acceptors (Lipinski definition) is 3. The lowest BCUT2D eigenvalue weighted by atomic mass is 10.1. The van der Waals surface area contributed by atoms with Crippen LogP contribution in [-0.4, -0.2) is 17.1 Å². The fraction of sp³-hybridized carbons (Fsp3) is 0.154. The average Bonchev–Trinajstić information content (AvgIpc) is 2.76. The molecule has 5 heteroatoms. The van der Waals surface area contributed by atoms with Crippen molar-refractivity contribution >= 4 is 41.0 Å². The number of benzene rings is 3. The van der Waals surface area contributed by atoms with Gasteiger partial charge >= 0.3 is 0 Å². The molecular weight excluding hydrogens is 404 g/mol. The second kappa shape index (κ2) is 10.6. The maximum atomic E-state index is 12.7. The molecule has 0 aliphatic rings. The molecule has 1 unspecified atom stereocenters. The molecule has 1 atom stereocenters. The number of anilines is 2. The van der Waals surface area contributed by atoms with Crippen LogP contribution in [0.4, 0.5) is 11.4 Å². The third-order valence-corrected chi connectivity index (χ3v) is 5.76. The first-order valence-corrected chi connectivity index (χ1v) is 11.0. The summed E-state index contributed by atoms with van der Waals surface area (Å²) in [6.45, 7) is 5.85. The van der Waals surface area contributed by atoms with Gasteiger partial charge in [0.1, 0.15) is 0 Å². The lowest BCUT2D eigenvalue weighted by molar-refractivity contribution is -0.115. The first kappa shape index (κ1) is 22.4. The van der Waals surface area contributed by atoms with E-state index >= 15 is 0 Å². The van der Waals surface area contributed by atoms with Crippen LogP contribution in [0.1, 0.15) is 23.6 Å². The van der Waals surface area contributed by atoms with Gasteiger partial charge in [0.05, 0.1) is 5.25 Å². The number of nitrogens with one attached hydrogen (secondary N) is 2. The van der Waals surface area contributed by atoms with E-state index < -0.39 is 0 Å². The SMILES string of the molecule is Cc1ccc(C)c(NC(=O)C(C)Sc2cccc(NC(=O)/C=C/c3ccccc3)c2)c1. The third kappa shape index (κ3) is 6.86. The summed E-state index contributed by atoms with van der Waals surface area (Å²) >= 11 is 1.45. The molecule has 0 bridgehead atoms. The van der Waals surface area contributed by atoms with E-state index in [9.17, 15) is 9.59 Å². The molecule has 0 fully saturated rings. The summed E-state index contributed by atoms with van der Waals surface area (Å²) in [5.41, 5.74) is 4.62. The van der Waals surface area contributed by atoms with Crippen molar-refractivity contribution in [1.82, 2.24) is 0 Å². The van der Waals surface area contributed by atoms with Crippen LogP contribution in [0.15, 0.2) is 83.8 Å². The van der Waals surface area contributed by atoms with Crippen molar-refractivity contribution in [3.63, 3.8) is 0 Å². The largest absolute Gasteiger partial charge is 0.325 e. The molecular formula is C26H26N2O2S. The van der Waals surface area contributed by atoms with Gasteiger partial charge in [0.2, 0.25) is 11.8 Å². The van der Waals surface area contributed by atoms with E-state index in [0.29, 0.717) is 5.69 Å². The normalized spacial score (nSPS) is 11.8. The highest BCUT2D eigenvalue weighted by Gasteiger charge is 2.16. The van der Waals surface area contributed by atoms with Gasteiger partial charge in [-0.3, -0.25) is 9.59 Å². The summed E-state index contributed by atoms with van der Waals surface area (Å²) in [4.78, 5) is 25.8. The molecule has 0 aromatic heterocycles. The van der Waals surface area contributed by atoms with Crippen LogP contribution in [0.3, 0.4) is 0 Å². The maximum absolute atomic E-state index is 12.7. The quantitative estimate of drug-likeness (QED) is 0.353. The minimum absolute atomic E-state index is 0.0565. The lowest BCUT2D eigenvalue weighted by Gasteiger charge is -2.14. The van der Waals surface area contributed by atoms with E-state index in [-0.39, 0.29) is 17.1 Å². The molecule has 0 saturated carbocycles. The summed E-state index contributed by atoms with van der Waals surface area (Å²) < 4.78 is 0. The summed E-state index contributed by atoms with van der Waals surface area (Å²) in [5, 5.41) is 5.59. The van der Waals surface area contributed by atoms with Gasteiger partial charge in [-0.2, -0.15) is 0 Å². The van der Waals surface area contributed by atoms with E-state index in [1.54, 1.807) is 6.08 Å². The standard InChI is InChI=1S/C26H26N2O2S/c1-18-12-13-19(2)24(16-18)28-26(30)20(3)31-23-11-7-10-22(17-23)27-25(29)15-14-21-8-5-4-6-9-21/h4-17,20H,1-3H3,(H,27,29)(H,28,30)/b15-14+. The molecule has 0 heterocycles. The highest BCUT2D eigenvalue weighted by molar-refractivity contribution is 8.00. The molecule has 158 valence electrons. The van der Waals surface area contributed by atoms with Gasteiger partial charge in [0.15, 0.2) is 0 Å². The van der Waals surface area contributed by atoms with Gasteiger partial charge in [-0.1, -0.05) is 48.5 Å². The van der Waals surface area contributed by atoms with E-state index in [4.69, 9.17) is 0 Å². The van der Waals surface area contributed by atoms with Crippen LogP contribution in [0.5, 0.6) is 0 Å². The van der Waals surface area contributed by atoms with Crippen molar-refractivity contribution in [1.29, 1.82) is 0 Å². The Morgan fingerprint density at radius 3 is 2.45 bits per heavy atom. The number of carbonyl (C=O) groups is 2. The minimum Gasteiger partial charge on any atom is -0.325 e. The molecule has 3 aromatic carbocycles. The molecule has 31 heavy (non-hydrogen) atoms. The van der Waals surface area contributed by atoms with Crippen molar-refractivity contribution < 1.29 is 9.59 Å². The van der Waals surface area contributed by atoms with Crippen molar-refractivity contribution in [2.24, 2.45) is 0 Å². The Hall–Kier alpha value is -3.31. The highest BCUT2D eigenvalue weighted by atomic mass is 32.2. The summed E-state index contributed by atoms with van der Waals surface area (Å²) in [5.74, 6) is -0.259. The number of rotatable bonds is 7. The van der Waals surface area contributed by atoms with Crippen LogP contribution in [-0.2, 0) is 9.59 Å². The zero-order chi connectivity index (χ0) is 22.2. The Labute approximate surface area is 187 Å². The Bertz CT molecular complexity index is 1090. The van der Waals surface area contributed by atoms with Gasteiger partial charge in [-0.25, -0.2) is 0 Å². The summed E-state index contributed by atoms with van der Waals surface area (Å²) in [6.07, 6.45) is 3.28. The topological polar surface area (TPSA) is 58.2 Å². The number of amides is 2. The molecule has 0 saturated heterocycles. The molecule has 0 spiro atoms. The predicted molar refractivity (Wildman–Crippen MR) is 130 cm³/mol. The van der Waals surface area contributed by atoms with Gasteiger partial charge in [-0.15, -0.1) is 11.8 Å². The van der Waals surface area contributed by atoms with E-state index in [0.717, 1.165) is 27.3 Å². The lowest BCUT2D eigenvalue weighted by Crippen LogP contribution is -2.22. The van der Waals surface area contributed by atoms with E-state index in [1.165, 1.54) is 17.8 Å². The molecule has 2 N–H and O–H groups in total. The summed E-state index contributed by atoms with van der Waals surface area (Å²) in [7, 11) is 0. The van der Waals surface area contributed by atoms with Gasteiger partial charge in [-0.05, 0) is 67.8 Å². The van der Waals surface area contributed by atoms with Crippen molar-refractivity contribution in [3.8, 4) is 0 Å². The zero-order valence-corrected chi connectivity index (χ0v) is 18.7. The molecule has 3 aromatic rings. The summed E-state index contributed by atoms with van der Waals surface area (Å²) in [6, 6.07) is 23.2. The first-order chi connectivity index (χ1) is 14.9. The Kier molecular flexibility index (Phi) is 7.68. The van der Waals surface area contributed by atoms with Crippen LogP contribution in [0.2, 0.25) is 0 Å². The van der Waals surface area contributed by atoms with Crippen molar-refractivity contribution in [2.45, 2.75) is 30.9 Å². The maximum Gasteiger partial charge on any atom is 0.248 e. The molecule has 4 nitrogen and oxygen atoms in total. The zero-order valence-electron chi connectivity index (χ0n) is 17.9. The van der Waals surface area contributed by atoms with Crippen LogP contribution >= 0.6 is 11.8 Å². The first-order valence-electron chi connectivity index (χ1n) is 10.1. The Morgan fingerprint density at radius 2 is 1.68 bits per heavy atom. The molecule has 0 radical (unpaired) electrons. The average molecular weight is 431 g/mol. The van der Waals surface area contributed by atoms with Crippen molar-refractivity contribution in [3.05, 3.63) is 95.6 Å². The fourth-order valence-electron chi connectivity index (χ4n) is 2.93. The Balaban J connectivity index is 1.59. The van der Waals surface area contributed by atoms with Gasteiger partial charge in [0.25, 0.3) is 0 Å². The molecule has 0 aliphatic heterocycles. The van der Waals surface area contributed by atoms with E-state index in [1.807, 2.05) is 93.6 Å². The smallest absolute Gasteiger partial charge is 0.248 e. The fourth-order valence-corrected chi connectivity index (χ4v) is 3.86. The second-order valence-corrected chi connectivity index (χ2v) is 8.74. The predicted octanol–water partition coefficient (Wildman–Crippen LogP) is 6.07. The number of hydrogen-bond donors (Lipinski definition) is 2. The van der Waals surface area contributed by atoms with Crippen molar-refractivity contribution in [2.75, 3.05) is 10.6 Å². The number of carbonyl (C=O) groups excluding carboxylic acids is 2. The van der Waals surface area contributed by atoms with Gasteiger partial charge in [0, 0.05) is 22.3 Å². The van der Waals surface area contributed by atoms with Crippen LogP contribution in [0.25, 0.3) is 6.08 Å². The van der Waals surface area contributed by atoms with Crippen LogP contribution < -0.4 is 10.6 Å².